The predicted molar refractivity (Wildman–Crippen MR) is 126 cm³/mol. The van der Waals surface area contributed by atoms with Gasteiger partial charge < -0.3 is 9.47 Å². The molecule has 0 aromatic heterocycles. The fourth-order valence-electron chi connectivity index (χ4n) is 4.17. The highest BCUT2D eigenvalue weighted by Crippen LogP contribution is 2.37. The topological polar surface area (TPSA) is 18.5 Å². The second kappa shape index (κ2) is 6.17. The van der Waals surface area contributed by atoms with E-state index < -0.39 is 38.1 Å². The Labute approximate surface area is 195 Å². The molecule has 0 unspecified atom stereocenters. The number of ether oxygens (including phenoxy) is 2. The van der Waals surface area contributed by atoms with Gasteiger partial charge in [0, 0.05) is 17.8 Å². The van der Waals surface area contributed by atoms with Gasteiger partial charge in [-0.2, -0.15) is 0 Å². The molecule has 2 aliphatic heterocycles. The summed E-state index contributed by atoms with van der Waals surface area (Å²) in [6.07, 6.45) is 0. The van der Waals surface area contributed by atoms with E-state index in [1.54, 1.807) is 39.0 Å². The van der Waals surface area contributed by atoms with Crippen molar-refractivity contribution in [2.45, 2.75) is 59.1 Å². The lowest BCUT2D eigenvalue weighted by molar-refractivity contribution is 0.463. The van der Waals surface area contributed by atoms with Gasteiger partial charge in [-0.15, -0.1) is 0 Å². The molecule has 0 spiro atoms. The van der Waals surface area contributed by atoms with Crippen molar-refractivity contribution in [3.8, 4) is 23.0 Å². The van der Waals surface area contributed by atoms with Crippen LogP contribution in [0.25, 0.3) is 0 Å². The van der Waals surface area contributed by atoms with Gasteiger partial charge in [0.05, 0.1) is 2.74 Å². The molecule has 5 rings (SSSR count). The standard InChI is InChI=1S/C27H29BO2/c1-16-12-23-25-24(13-16)30-22-11-9-18(27(5,6)7)15-20(22)28(25)19-14-17(26(2,3)4)8-10-21(19)29-23/h8-15H,1-7H3/i2D3,3D3,5D3,12D,13D. The van der Waals surface area contributed by atoms with E-state index in [4.69, 9.17) is 24.6 Å². The van der Waals surface area contributed by atoms with Gasteiger partial charge in [0.15, 0.2) is 0 Å². The summed E-state index contributed by atoms with van der Waals surface area (Å²) in [6.45, 7) is -2.78. The van der Waals surface area contributed by atoms with Crippen molar-refractivity contribution in [2.75, 3.05) is 0 Å². The minimum atomic E-state index is -2.88. The van der Waals surface area contributed by atoms with Crippen LogP contribution in [0.1, 0.15) is 73.1 Å². The molecule has 2 nitrogen and oxygen atoms in total. The van der Waals surface area contributed by atoms with Crippen LogP contribution in [0.3, 0.4) is 0 Å². The van der Waals surface area contributed by atoms with Crippen molar-refractivity contribution in [3.63, 3.8) is 0 Å². The average molecular weight is 407 g/mol. The first-order valence-corrected chi connectivity index (χ1v) is 9.91. The maximum Gasteiger partial charge on any atom is 0.260 e. The van der Waals surface area contributed by atoms with E-state index in [1.807, 2.05) is 0 Å². The summed E-state index contributed by atoms with van der Waals surface area (Å²) in [5, 5.41) is 0. The lowest BCUT2D eigenvalue weighted by Gasteiger charge is -2.35. The van der Waals surface area contributed by atoms with Gasteiger partial charge in [-0.1, -0.05) is 65.6 Å². The third-order valence-electron chi connectivity index (χ3n) is 5.74. The Morgan fingerprint density at radius 1 is 0.767 bits per heavy atom. The Balaban J connectivity index is 1.84. The Bertz CT molecular complexity index is 1550. The summed E-state index contributed by atoms with van der Waals surface area (Å²) in [5.41, 5.74) is -1.18. The lowest BCUT2D eigenvalue weighted by atomic mass is 9.34. The van der Waals surface area contributed by atoms with E-state index >= 15 is 0 Å². The van der Waals surface area contributed by atoms with Crippen molar-refractivity contribution in [1.82, 2.24) is 0 Å². The second-order valence-electron chi connectivity index (χ2n) is 8.84. The Morgan fingerprint density at radius 3 is 1.77 bits per heavy atom. The summed E-state index contributed by atoms with van der Waals surface area (Å²) in [4.78, 5) is 0. The number of hydrogen-bond acceptors (Lipinski definition) is 2. The molecule has 2 aliphatic rings. The predicted octanol–water partition coefficient (Wildman–Crippen LogP) is 5.32. The summed E-state index contributed by atoms with van der Waals surface area (Å²) in [7, 11) is 0. The smallest absolute Gasteiger partial charge is 0.260 e. The van der Waals surface area contributed by atoms with Crippen molar-refractivity contribution in [3.05, 3.63) is 65.2 Å². The third kappa shape index (κ3) is 2.95. The molecule has 0 saturated carbocycles. The summed E-state index contributed by atoms with van der Waals surface area (Å²) in [6, 6.07) is 9.48. The molecule has 152 valence electrons. The normalized spacial score (nSPS) is 20.9. The highest BCUT2D eigenvalue weighted by Gasteiger charge is 2.41. The van der Waals surface area contributed by atoms with Crippen LogP contribution >= 0.6 is 0 Å². The zero-order chi connectivity index (χ0) is 30.7. The Hall–Kier alpha value is -2.68. The second-order valence-corrected chi connectivity index (χ2v) is 8.84. The summed E-state index contributed by atoms with van der Waals surface area (Å²) < 4.78 is 103. The number of rotatable bonds is 0. The summed E-state index contributed by atoms with van der Waals surface area (Å²) in [5.74, 6) is 1.03. The Morgan fingerprint density at radius 2 is 1.27 bits per heavy atom. The number of benzene rings is 3. The largest absolute Gasteiger partial charge is 0.458 e. The highest BCUT2D eigenvalue weighted by molar-refractivity contribution is 6.98. The molecule has 0 bridgehead atoms. The maximum atomic E-state index is 8.73. The molecule has 0 aliphatic carbocycles. The molecule has 0 amide bonds. The minimum absolute atomic E-state index is 0.00526. The van der Waals surface area contributed by atoms with Gasteiger partial charge in [0.2, 0.25) is 0 Å². The molecular weight excluding hydrogens is 367 g/mol. The van der Waals surface area contributed by atoms with Gasteiger partial charge in [-0.25, -0.2) is 0 Å². The fraction of sp³-hybridized carbons (Fsp3) is 0.333. The van der Waals surface area contributed by atoms with Crippen LogP contribution in [0.5, 0.6) is 23.0 Å². The summed E-state index contributed by atoms with van der Waals surface area (Å²) >= 11 is 0. The van der Waals surface area contributed by atoms with Gasteiger partial charge in [-0.05, 0) is 69.6 Å². The molecule has 3 aromatic carbocycles. The fourth-order valence-corrected chi connectivity index (χ4v) is 4.17. The molecule has 30 heavy (non-hydrogen) atoms. The van der Waals surface area contributed by atoms with Crippen LogP contribution in [0.15, 0.2) is 48.5 Å². The molecule has 3 heteroatoms. The van der Waals surface area contributed by atoms with E-state index in [-0.39, 0.29) is 29.1 Å². The molecule has 0 fully saturated rings. The first kappa shape index (κ1) is 10.6. The average Bonchev–Trinajstić information content (AvgIpc) is 2.86. The quantitative estimate of drug-likeness (QED) is 0.324. The Kier molecular flexibility index (Phi) is 2.17. The van der Waals surface area contributed by atoms with Crippen molar-refractivity contribution < 1.29 is 24.6 Å². The zero-order valence-electron chi connectivity index (χ0n) is 28.4. The van der Waals surface area contributed by atoms with E-state index in [9.17, 15) is 0 Å². The van der Waals surface area contributed by atoms with Crippen LogP contribution in [0, 0.1) is 6.92 Å². The van der Waals surface area contributed by atoms with E-state index in [0.717, 1.165) is 0 Å². The van der Waals surface area contributed by atoms with Gasteiger partial charge in [0.25, 0.3) is 6.71 Å². The molecule has 0 atom stereocenters. The van der Waals surface area contributed by atoms with Crippen molar-refractivity contribution in [1.29, 1.82) is 0 Å². The molecule has 2 heterocycles. The van der Waals surface area contributed by atoms with Gasteiger partial charge >= 0.3 is 0 Å². The lowest BCUT2D eigenvalue weighted by Crippen LogP contribution is -2.57. The minimum Gasteiger partial charge on any atom is -0.458 e. The number of hydrogen-bond donors (Lipinski definition) is 0. The highest BCUT2D eigenvalue weighted by atomic mass is 16.5. The first-order valence-electron chi connectivity index (χ1n) is 15.4. The SMILES string of the molecule is [2H]c1c(C)c([2H])c2c3c1Oc1ccc(C(C)(C)C([2H])([2H])[2H])cc1B3c1cc(C(C)(C([2H])([2H])[2H])C([2H])([2H])[2H])ccc1O2. The van der Waals surface area contributed by atoms with E-state index in [2.05, 4.69) is 0 Å². The first-order chi connectivity index (χ1) is 18.6. The van der Waals surface area contributed by atoms with Crippen LogP contribution < -0.4 is 25.9 Å². The van der Waals surface area contributed by atoms with Gasteiger partial charge in [-0.3, -0.25) is 0 Å². The molecule has 0 saturated heterocycles. The maximum absolute atomic E-state index is 8.73. The zero-order valence-corrected chi connectivity index (χ0v) is 17.4. The molecule has 3 aromatic rings. The van der Waals surface area contributed by atoms with Gasteiger partial charge in [0.1, 0.15) is 23.0 Å². The van der Waals surface area contributed by atoms with Crippen molar-refractivity contribution in [2.24, 2.45) is 0 Å². The molecular formula is C27H29BO2. The molecule has 0 radical (unpaired) electrons. The monoisotopic (exact) mass is 407 g/mol. The van der Waals surface area contributed by atoms with Crippen molar-refractivity contribution >= 4 is 23.1 Å². The van der Waals surface area contributed by atoms with Crippen LogP contribution in [-0.2, 0) is 10.8 Å². The third-order valence-corrected chi connectivity index (χ3v) is 5.74. The van der Waals surface area contributed by atoms with Crippen LogP contribution in [-0.4, -0.2) is 6.71 Å². The molecule has 0 N–H and O–H groups in total. The van der Waals surface area contributed by atoms with Crippen LogP contribution in [0.4, 0.5) is 0 Å². The van der Waals surface area contributed by atoms with E-state index in [0.29, 0.717) is 39.0 Å². The number of fused-ring (bicyclic) bond motifs is 4. The van der Waals surface area contributed by atoms with E-state index in [1.165, 1.54) is 25.1 Å². The van der Waals surface area contributed by atoms with Crippen LogP contribution in [0.2, 0.25) is 0 Å².